The highest BCUT2D eigenvalue weighted by atomic mass is 32.2. The molecule has 8 heteroatoms. The van der Waals surface area contributed by atoms with Crippen LogP contribution in [0.4, 0.5) is 10.6 Å². The van der Waals surface area contributed by atoms with E-state index in [2.05, 4.69) is 15.7 Å². The van der Waals surface area contributed by atoms with Crippen LogP contribution in [0.15, 0.2) is 12.3 Å². The van der Waals surface area contributed by atoms with Crippen LogP contribution in [0.1, 0.15) is 6.42 Å². The van der Waals surface area contributed by atoms with E-state index in [1.165, 1.54) is 16.4 Å². The highest BCUT2D eigenvalue weighted by molar-refractivity contribution is 7.98. The monoisotopic (exact) mass is 272 g/mol. The Hall–Kier alpha value is -1.70. The molecule has 0 aliphatic rings. The van der Waals surface area contributed by atoms with Gasteiger partial charge in [0.25, 0.3) is 0 Å². The van der Waals surface area contributed by atoms with E-state index < -0.39 is 18.0 Å². The maximum absolute atomic E-state index is 11.6. The molecule has 1 heterocycles. The van der Waals surface area contributed by atoms with E-state index in [4.69, 9.17) is 5.11 Å². The first-order valence-electron chi connectivity index (χ1n) is 5.32. The van der Waals surface area contributed by atoms with Gasteiger partial charge in [-0.1, -0.05) is 0 Å². The maximum atomic E-state index is 11.6. The third kappa shape index (κ3) is 4.66. The Morgan fingerprint density at radius 3 is 2.83 bits per heavy atom. The first-order valence-corrected chi connectivity index (χ1v) is 6.71. The van der Waals surface area contributed by atoms with Gasteiger partial charge < -0.3 is 10.4 Å². The summed E-state index contributed by atoms with van der Waals surface area (Å²) in [4.78, 5) is 22.5. The number of thioether (sulfide) groups is 1. The van der Waals surface area contributed by atoms with Gasteiger partial charge in [-0.15, -0.1) is 0 Å². The predicted molar refractivity (Wildman–Crippen MR) is 69.8 cm³/mol. The number of carboxylic acids is 1. The van der Waals surface area contributed by atoms with Crippen LogP contribution in [-0.2, 0) is 11.8 Å². The zero-order valence-corrected chi connectivity index (χ0v) is 11.0. The lowest BCUT2D eigenvalue weighted by Crippen LogP contribution is -2.43. The summed E-state index contributed by atoms with van der Waals surface area (Å²) in [6.07, 6.45) is 3.94. The van der Waals surface area contributed by atoms with Crippen molar-refractivity contribution in [2.24, 2.45) is 7.05 Å². The standard InChI is InChI=1S/C10H16N4O3S/c1-14-5-3-8(13-14)12-10(17)11-7(9(15)16)4-6-18-2/h3,5,7H,4,6H2,1-2H3,(H,15,16)(H2,11,12,13,17)/t7-/m1/s1. The zero-order valence-electron chi connectivity index (χ0n) is 10.2. The SMILES string of the molecule is CSCC[C@@H](NC(=O)Nc1ccn(C)n1)C(=O)O. The van der Waals surface area contributed by atoms with Gasteiger partial charge in [-0.2, -0.15) is 16.9 Å². The maximum Gasteiger partial charge on any atom is 0.326 e. The third-order valence-corrected chi connectivity index (χ3v) is 2.81. The fourth-order valence-electron chi connectivity index (χ4n) is 1.29. The molecule has 1 atom stereocenters. The van der Waals surface area contributed by atoms with Gasteiger partial charge in [0, 0.05) is 19.3 Å². The minimum atomic E-state index is -1.04. The summed E-state index contributed by atoms with van der Waals surface area (Å²) in [5, 5.41) is 17.8. The quantitative estimate of drug-likeness (QED) is 0.710. The van der Waals surface area contributed by atoms with Crippen molar-refractivity contribution in [3.8, 4) is 0 Å². The van der Waals surface area contributed by atoms with E-state index in [1.54, 1.807) is 19.3 Å². The summed E-state index contributed by atoms with van der Waals surface area (Å²) < 4.78 is 1.54. The lowest BCUT2D eigenvalue weighted by atomic mass is 10.2. The highest BCUT2D eigenvalue weighted by Crippen LogP contribution is 2.03. The van der Waals surface area contributed by atoms with Crippen LogP contribution >= 0.6 is 11.8 Å². The summed E-state index contributed by atoms with van der Waals surface area (Å²) in [7, 11) is 1.72. The molecule has 0 radical (unpaired) electrons. The molecule has 0 unspecified atom stereocenters. The van der Waals surface area contributed by atoms with Crippen molar-refractivity contribution in [2.75, 3.05) is 17.3 Å². The molecular formula is C10H16N4O3S. The van der Waals surface area contributed by atoms with Crippen molar-refractivity contribution in [3.05, 3.63) is 12.3 Å². The average molecular weight is 272 g/mol. The largest absolute Gasteiger partial charge is 0.480 e. The lowest BCUT2D eigenvalue weighted by molar-refractivity contribution is -0.139. The number of rotatable bonds is 6. The molecule has 3 N–H and O–H groups in total. The van der Waals surface area contributed by atoms with Gasteiger partial charge in [-0.05, 0) is 18.4 Å². The number of aromatic nitrogens is 2. The number of hydrogen-bond acceptors (Lipinski definition) is 4. The van der Waals surface area contributed by atoms with Gasteiger partial charge in [-0.25, -0.2) is 9.59 Å². The molecule has 100 valence electrons. The molecule has 0 aliphatic heterocycles. The van der Waals surface area contributed by atoms with Crippen LogP contribution < -0.4 is 10.6 Å². The minimum absolute atomic E-state index is 0.379. The second-order valence-corrected chi connectivity index (χ2v) is 4.63. The van der Waals surface area contributed by atoms with Gasteiger partial charge in [-0.3, -0.25) is 10.00 Å². The Morgan fingerprint density at radius 2 is 2.33 bits per heavy atom. The number of urea groups is 1. The van der Waals surface area contributed by atoms with Crippen LogP contribution in [0, 0.1) is 0 Å². The molecule has 0 aliphatic carbocycles. The number of nitrogens with one attached hydrogen (secondary N) is 2. The van der Waals surface area contributed by atoms with Gasteiger partial charge in [0.2, 0.25) is 0 Å². The fraction of sp³-hybridized carbons (Fsp3) is 0.500. The Balaban J connectivity index is 2.48. The molecule has 2 amide bonds. The molecule has 0 spiro atoms. The molecule has 1 rings (SSSR count). The summed E-state index contributed by atoms with van der Waals surface area (Å²) in [5.41, 5.74) is 0. The molecule has 7 nitrogen and oxygen atoms in total. The summed E-state index contributed by atoms with van der Waals surface area (Å²) in [6, 6.07) is 0.167. The van der Waals surface area contributed by atoms with Gasteiger partial charge in [0.15, 0.2) is 5.82 Å². The number of aliphatic carboxylic acids is 1. The number of carbonyl (C=O) groups excluding carboxylic acids is 1. The van der Waals surface area contributed by atoms with Gasteiger partial charge in [0.1, 0.15) is 6.04 Å². The Kier molecular flexibility index (Phi) is 5.50. The smallest absolute Gasteiger partial charge is 0.326 e. The highest BCUT2D eigenvalue weighted by Gasteiger charge is 2.19. The number of aryl methyl sites for hydroxylation is 1. The van der Waals surface area contributed by atoms with Gasteiger partial charge >= 0.3 is 12.0 Å². The zero-order chi connectivity index (χ0) is 13.5. The molecule has 0 saturated carbocycles. The van der Waals surface area contributed by atoms with Crippen LogP contribution in [0.3, 0.4) is 0 Å². The van der Waals surface area contributed by atoms with E-state index >= 15 is 0 Å². The van der Waals surface area contributed by atoms with Gasteiger partial charge in [0.05, 0.1) is 0 Å². The average Bonchev–Trinajstić information content (AvgIpc) is 2.69. The first-order chi connectivity index (χ1) is 8.52. The van der Waals surface area contributed by atoms with Crippen molar-refractivity contribution in [3.63, 3.8) is 0 Å². The van der Waals surface area contributed by atoms with Crippen molar-refractivity contribution < 1.29 is 14.7 Å². The molecule has 0 bridgehead atoms. The van der Waals surface area contributed by atoms with Crippen LogP contribution in [-0.4, -0.2) is 44.9 Å². The molecule has 1 aromatic heterocycles. The van der Waals surface area contributed by atoms with Crippen LogP contribution in [0.5, 0.6) is 0 Å². The molecular weight excluding hydrogens is 256 g/mol. The molecule has 1 aromatic rings. The summed E-state index contributed by atoms with van der Waals surface area (Å²) >= 11 is 1.53. The van der Waals surface area contributed by atoms with E-state index in [-0.39, 0.29) is 0 Å². The molecule has 0 aromatic carbocycles. The van der Waals surface area contributed by atoms with Crippen molar-refractivity contribution in [1.82, 2.24) is 15.1 Å². The molecule has 18 heavy (non-hydrogen) atoms. The van der Waals surface area contributed by atoms with E-state index in [0.29, 0.717) is 18.0 Å². The number of amides is 2. The predicted octanol–water partition coefficient (Wildman–Crippen LogP) is 0.748. The number of carbonyl (C=O) groups is 2. The fourth-order valence-corrected chi connectivity index (χ4v) is 1.76. The summed E-state index contributed by atoms with van der Waals surface area (Å²) in [5.74, 6) is 0.00474. The molecule has 0 saturated heterocycles. The first kappa shape index (κ1) is 14.4. The second kappa shape index (κ2) is 6.90. The van der Waals surface area contributed by atoms with E-state index in [9.17, 15) is 9.59 Å². The minimum Gasteiger partial charge on any atom is -0.480 e. The van der Waals surface area contributed by atoms with Crippen molar-refractivity contribution in [1.29, 1.82) is 0 Å². The number of hydrogen-bond donors (Lipinski definition) is 3. The third-order valence-electron chi connectivity index (χ3n) is 2.17. The van der Waals surface area contributed by atoms with Crippen LogP contribution in [0.2, 0.25) is 0 Å². The van der Waals surface area contributed by atoms with Crippen LogP contribution in [0.25, 0.3) is 0 Å². The van der Waals surface area contributed by atoms with E-state index in [1.807, 2.05) is 6.26 Å². The Labute approximate surface area is 109 Å². The van der Waals surface area contributed by atoms with Crippen molar-refractivity contribution in [2.45, 2.75) is 12.5 Å². The van der Waals surface area contributed by atoms with Crippen molar-refractivity contribution >= 4 is 29.6 Å². The summed E-state index contributed by atoms with van der Waals surface area (Å²) in [6.45, 7) is 0. The second-order valence-electron chi connectivity index (χ2n) is 3.65. The lowest BCUT2D eigenvalue weighted by Gasteiger charge is -2.13. The topological polar surface area (TPSA) is 96.3 Å². The Bertz CT molecular complexity index is 421. The molecule has 0 fully saturated rings. The van der Waals surface area contributed by atoms with E-state index in [0.717, 1.165) is 0 Å². The Morgan fingerprint density at radius 1 is 1.61 bits per heavy atom. The number of anilines is 1. The normalized spacial score (nSPS) is 11.9. The number of carboxylic acid groups (broad SMARTS) is 1. The number of nitrogens with zero attached hydrogens (tertiary/aromatic N) is 2.